The van der Waals surface area contributed by atoms with E-state index in [1.807, 2.05) is 11.8 Å². The van der Waals surface area contributed by atoms with E-state index >= 15 is 0 Å². The van der Waals surface area contributed by atoms with Crippen molar-refractivity contribution in [2.45, 2.75) is 31.6 Å². The molecule has 3 heterocycles. The van der Waals surface area contributed by atoms with Gasteiger partial charge in [0.2, 0.25) is 5.96 Å². The maximum Gasteiger partial charge on any atom is 0.416 e. The predicted octanol–water partition coefficient (Wildman–Crippen LogP) is 6.13. The van der Waals surface area contributed by atoms with E-state index in [1.54, 1.807) is 18.0 Å². The SMILES string of the molecule is CC1CCN=C2N(C)c3c(cc(NC(=O)c4cc(F)cc(C(F)(F)F)c4)c4c3C(=O)NC4c3cc(F)ccc3Cl)N21. The number of amides is 2. The fraction of sp³-hybridized carbons (Fsp3) is 0.250. The third-order valence-corrected chi connectivity index (χ3v) is 7.81. The Bertz CT molecular complexity index is 1670. The van der Waals surface area contributed by atoms with Crippen LogP contribution in [0.2, 0.25) is 5.02 Å². The Balaban J connectivity index is 1.55. The Kier molecular flexibility index (Phi) is 6.22. The van der Waals surface area contributed by atoms with Gasteiger partial charge in [-0.25, -0.2) is 8.78 Å². The second-order valence-electron chi connectivity index (χ2n) is 10.1. The van der Waals surface area contributed by atoms with E-state index in [0.29, 0.717) is 48.5 Å². The minimum Gasteiger partial charge on any atom is -0.341 e. The number of carbonyl (C=O) groups excluding carboxylic acids is 2. The van der Waals surface area contributed by atoms with Crippen molar-refractivity contribution in [1.29, 1.82) is 0 Å². The highest BCUT2D eigenvalue weighted by atomic mass is 35.5. The smallest absolute Gasteiger partial charge is 0.341 e. The number of anilines is 3. The first-order valence-corrected chi connectivity index (χ1v) is 13.0. The van der Waals surface area contributed by atoms with Gasteiger partial charge >= 0.3 is 6.18 Å². The lowest BCUT2D eigenvalue weighted by Gasteiger charge is -2.31. The lowest BCUT2D eigenvalue weighted by molar-refractivity contribution is -0.137. The topological polar surface area (TPSA) is 77.0 Å². The Morgan fingerprint density at radius 2 is 1.88 bits per heavy atom. The van der Waals surface area contributed by atoms with E-state index in [2.05, 4.69) is 15.6 Å². The summed E-state index contributed by atoms with van der Waals surface area (Å²) in [6.07, 6.45) is -4.17. The van der Waals surface area contributed by atoms with Gasteiger partial charge in [-0.05, 0) is 55.8 Å². The van der Waals surface area contributed by atoms with Crippen LogP contribution in [-0.2, 0) is 6.18 Å². The van der Waals surface area contributed by atoms with E-state index in [9.17, 15) is 31.5 Å². The van der Waals surface area contributed by atoms with E-state index in [1.165, 1.54) is 6.07 Å². The molecule has 212 valence electrons. The molecule has 3 aliphatic rings. The number of nitrogens with one attached hydrogen (secondary N) is 2. The van der Waals surface area contributed by atoms with Crippen LogP contribution in [0.3, 0.4) is 0 Å². The molecule has 7 nitrogen and oxygen atoms in total. The molecule has 13 heteroatoms. The summed E-state index contributed by atoms with van der Waals surface area (Å²) >= 11 is 6.40. The first-order valence-electron chi connectivity index (χ1n) is 12.6. The van der Waals surface area contributed by atoms with Gasteiger partial charge in [-0.15, -0.1) is 0 Å². The van der Waals surface area contributed by atoms with Crippen LogP contribution < -0.4 is 20.4 Å². The molecule has 0 fully saturated rings. The molecule has 0 spiro atoms. The second kappa shape index (κ2) is 9.44. The Labute approximate surface area is 235 Å². The molecule has 2 amide bonds. The van der Waals surface area contributed by atoms with Crippen LogP contribution in [0.25, 0.3) is 0 Å². The summed E-state index contributed by atoms with van der Waals surface area (Å²) < 4.78 is 68.5. The molecule has 2 N–H and O–H groups in total. The standard InChI is InChI=1S/C28H21ClF5N5O2/c1-12-5-6-35-27-38(2)24-20(39(12)27)11-19(36-25(40)13-7-14(28(32,33)34)9-16(31)8-13)21-22(24)26(41)37-23(21)17-10-15(30)3-4-18(17)29/h3-4,7-12,23H,5-6H2,1-2H3,(H,36,40)(H,37,41). The first kappa shape index (κ1) is 27.0. The van der Waals surface area contributed by atoms with Crippen molar-refractivity contribution in [3.05, 3.63) is 86.9 Å². The molecule has 0 radical (unpaired) electrons. The van der Waals surface area contributed by atoms with Gasteiger partial charge in [-0.1, -0.05) is 11.6 Å². The van der Waals surface area contributed by atoms with Crippen molar-refractivity contribution in [3.8, 4) is 0 Å². The summed E-state index contributed by atoms with van der Waals surface area (Å²) in [5.41, 5.74) is -0.164. The molecule has 0 saturated heterocycles. The quantitative estimate of drug-likeness (QED) is 0.361. The van der Waals surface area contributed by atoms with Gasteiger partial charge in [-0.3, -0.25) is 14.6 Å². The average molecular weight is 590 g/mol. The lowest BCUT2D eigenvalue weighted by Crippen LogP contribution is -2.45. The highest BCUT2D eigenvalue weighted by molar-refractivity contribution is 6.31. The average Bonchev–Trinajstić information content (AvgIpc) is 3.39. The maximum atomic E-state index is 14.3. The number of nitrogens with zero attached hydrogens (tertiary/aromatic N) is 3. The molecule has 3 aromatic rings. The van der Waals surface area contributed by atoms with Crippen LogP contribution in [0.1, 0.15) is 56.8 Å². The number of guanidine groups is 1. The number of fused-ring (bicyclic) bond motifs is 5. The van der Waals surface area contributed by atoms with Gasteiger partial charge in [0.15, 0.2) is 0 Å². The summed E-state index contributed by atoms with van der Waals surface area (Å²) in [5, 5.41) is 5.53. The number of hydrogen-bond acceptors (Lipinski definition) is 5. The number of aliphatic imine (C=N–C) groups is 1. The molecular weight excluding hydrogens is 569 g/mol. The van der Waals surface area contributed by atoms with E-state index < -0.39 is 46.8 Å². The van der Waals surface area contributed by atoms with E-state index in [0.717, 1.165) is 12.1 Å². The van der Waals surface area contributed by atoms with Crippen LogP contribution in [0, 0.1) is 11.6 Å². The summed E-state index contributed by atoms with van der Waals surface area (Å²) in [6, 6.07) is 5.73. The molecule has 0 aromatic heterocycles. The zero-order valence-corrected chi connectivity index (χ0v) is 22.3. The fourth-order valence-electron chi connectivity index (χ4n) is 5.62. The lowest BCUT2D eigenvalue weighted by atomic mass is 9.94. The Morgan fingerprint density at radius 3 is 2.61 bits per heavy atom. The molecule has 41 heavy (non-hydrogen) atoms. The van der Waals surface area contributed by atoms with Gasteiger partial charge in [0, 0.05) is 47.0 Å². The zero-order valence-electron chi connectivity index (χ0n) is 21.5. The molecule has 2 atom stereocenters. The summed E-state index contributed by atoms with van der Waals surface area (Å²) in [6.45, 7) is 2.54. The number of halogens is 6. The minimum atomic E-state index is -4.88. The normalized spacial score (nSPS) is 19.4. The van der Waals surface area contributed by atoms with Crippen molar-refractivity contribution in [2.75, 3.05) is 28.7 Å². The van der Waals surface area contributed by atoms with Crippen molar-refractivity contribution in [1.82, 2.24) is 5.32 Å². The summed E-state index contributed by atoms with van der Waals surface area (Å²) in [5.74, 6) is -2.83. The number of hydrogen-bond donors (Lipinski definition) is 2. The monoisotopic (exact) mass is 589 g/mol. The zero-order chi connectivity index (χ0) is 29.4. The maximum absolute atomic E-state index is 14.3. The van der Waals surface area contributed by atoms with Crippen LogP contribution in [0.4, 0.5) is 39.0 Å². The largest absolute Gasteiger partial charge is 0.416 e. The molecule has 0 bridgehead atoms. The third-order valence-electron chi connectivity index (χ3n) is 7.47. The number of rotatable bonds is 3. The van der Waals surface area contributed by atoms with E-state index in [-0.39, 0.29) is 33.4 Å². The van der Waals surface area contributed by atoms with Crippen molar-refractivity contribution in [2.24, 2.45) is 4.99 Å². The summed E-state index contributed by atoms with van der Waals surface area (Å²) in [4.78, 5) is 35.1. The van der Waals surface area contributed by atoms with Crippen LogP contribution in [-0.4, -0.2) is 37.4 Å². The first-order chi connectivity index (χ1) is 19.3. The van der Waals surface area contributed by atoms with Crippen LogP contribution >= 0.6 is 11.6 Å². The van der Waals surface area contributed by atoms with Crippen LogP contribution in [0.15, 0.2) is 47.5 Å². The van der Waals surface area contributed by atoms with Gasteiger partial charge in [0.1, 0.15) is 11.6 Å². The van der Waals surface area contributed by atoms with Crippen molar-refractivity contribution < 1.29 is 31.5 Å². The predicted molar refractivity (Wildman–Crippen MR) is 144 cm³/mol. The molecule has 0 saturated carbocycles. The van der Waals surface area contributed by atoms with Crippen LogP contribution in [0.5, 0.6) is 0 Å². The molecule has 0 aliphatic carbocycles. The third kappa shape index (κ3) is 4.37. The Morgan fingerprint density at radius 1 is 1.12 bits per heavy atom. The van der Waals surface area contributed by atoms with Crippen molar-refractivity contribution in [3.63, 3.8) is 0 Å². The second-order valence-corrected chi connectivity index (χ2v) is 10.5. The molecule has 2 unspecified atom stereocenters. The number of carbonyl (C=O) groups is 2. The number of alkyl halides is 3. The molecule has 3 aromatic carbocycles. The molecular formula is C28H21ClF5N5O2. The highest BCUT2D eigenvalue weighted by Gasteiger charge is 2.45. The van der Waals surface area contributed by atoms with Gasteiger partial charge < -0.3 is 20.4 Å². The number of benzene rings is 3. The Hall–Kier alpha value is -4.19. The van der Waals surface area contributed by atoms with Gasteiger partial charge in [0.05, 0.1) is 28.5 Å². The van der Waals surface area contributed by atoms with Gasteiger partial charge in [0.25, 0.3) is 11.8 Å². The summed E-state index contributed by atoms with van der Waals surface area (Å²) in [7, 11) is 1.75. The molecule has 3 aliphatic heterocycles. The van der Waals surface area contributed by atoms with Crippen molar-refractivity contribution >= 4 is 46.4 Å². The highest BCUT2D eigenvalue weighted by Crippen LogP contribution is 2.51. The van der Waals surface area contributed by atoms with E-state index in [4.69, 9.17) is 11.6 Å². The van der Waals surface area contributed by atoms with Gasteiger partial charge in [-0.2, -0.15) is 13.2 Å². The fourth-order valence-corrected chi connectivity index (χ4v) is 5.85. The molecule has 6 rings (SSSR count). The minimum absolute atomic E-state index is 0.0247.